The van der Waals surface area contributed by atoms with Crippen molar-refractivity contribution in [2.75, 3.05) is 19.8 Å². The van der Waals surface area contributed by atoms with Crippen molar-refractivity contribution in [2.24, 2.45) is 5.41 Å². The van der Waals surface area contributed by atoms with Gasteiger partial charge in [-0.05, 0) is 23.8 Å². The normalized spacial score (nSPS) is 17.7. The van der Waals surface area contributed by atoms with Crippen LogP contribution in [0.3, 0.4) is 0 Å². The average Bonchev–Trinajstić information content (AvgIpc) is 2.45. The highest BCUT2D eigenvalue weighted by molar-refractivity contribution is 5.73. The summed E-state index contributed by atoms with van der Waals surface area (Å²) in [4.78, 5) is 11.7. The van der Waals surface area contributed by atoms with Crippen molar-refractivity contribution in [3.8, 4) is 0 Å². The molecular formula is C15H22N2O2. The smallest absolute Gasteiger partial charge is 0.315 e. The SMILES string of the molecule is CC1(CNC(=O)NCc2ccccc2)CCOCC1. The molecule has 0 bridgehead atoms. The molecule has 2 N–H and O–H groups in total. The first-order valence-electron chi connectivity index (χ1n) is 6.81. The molecule has 1 aromatic rings. The molecule has 1 aromatic carbocycles. The molecule has 4 nitrogen and oxygen atoms in total. The Morgan fingerprint density at radius 2 is 1.89 bits per heavy atom. The second kappa shape index (κ2) is 6.57. The minimum Gasteiger partial charge on any atom is -0.381 e. The molecule has 4 heteroatoms. The van der Waals surface area contributed by atoms with Crippen molar-refractivity contribution in [3.05, 3.63) is 35.9 Å². The molecule has 1 aliphatic heterocycles. The standard InChI is InChI=1S/C15H22N2O2/c1-15(7-9-19-10-8-15)12-17-14(18)16-11-13-5-3-2-4-6-13/h2-6H,7-12H2,1H3,(H2,16,17,18). The average molecular weight is 262 g/mol. The van der Waals surface area contributed by atoms with Gasteiger partial charge in [-0.2, -0.15) is 0 Å². The Hall–Kier alpha value is -1.55. The van der Waals surface area contributed by atoms with Gasteiger partial charge in [0.1, 0.15) is 0 Å². The first-order chi connectivity index (χ1) is 9.18. The van der Waals surface area contributed by atoms with E-state index in [1.807, 2.05) is 30.3 Å². The molecule has 2 amide bonds. The predicted molar refractivity (Wildman–Crippen MR) is 74.8 cm³/mol. The van der Waals surface area contributed by atoms with E-state index in [1.165, 1.54) is 0 Å². The molecule has 1 aliphatic rings. The van der Waals surface area contributed by atoms with E-state index >= 15 is 0 Å². The van der Waals surface area contributed by atoms with Crippen LogP contribution in [0, 0.1) is 5.41 Å². The summed E-state index contributed by atoms with van der Waals surface area (Å²) in [7, 11) is 0. The zero-order valence-corrected chi connectivity index (χ0v) is 11.4. The Balaban J connectivity index is 1.70. The van der Waals surface area contributed by atoms with E-state index in [4.69, 9.17) is 4.74 Å². The van der Waals surface area contributed by atoms with E-state index in [0.717, 1.165) is 31.6 Å². The lowest BCUT2D eigenvalue weighted by molar-refractivity contribution is 0.0252. The van der Waals surface area contributed by atoms with Crippen LogP contribution in [0.25, 0.3) is 0 Å². The minimum atomic E-state index is -0.100. The molecule has 0 radical (unpaired) electrons. The lowest BCUT2D eigenvalue weighted by Crippen LogP contribution is -2.43. The van der Waals surface area contributed by atoms with Crippen LogP contribution in [0.5, 0.6) is 0 Å². The minimum absolute atomic E-state index is 0.100. The molecule has 0 unspecified atom stereocenters. The monoisotopic (exact) mass is 262 g/mol. The van der Waals surface area contributed by atoms with E-state index in [9.17, 15) is 4.79 Å². The number of amides is 2. The van der Waals surface area contributed by atoms with Gasteiger partial charge in [0.25, 0.3) is 0 Å². The van der Waals surface area contributed by atoms with Crippen molar-refractivity contribution >= 4 is 6.03 Å². The van der Waals surface area contributed by atoms with Gasteiger partial charge >= 0.3 is 6.03 Å². The highest BCUT2D eigenvalue weighted by atomic mass is 16.5. The van der Waals surface area contributed by atoms with E-state index < -0.39 is 0 Å². The summed E-state index contributed by atoms with van der Waals surface area (Å²) in [5.41, 5.74) is 1.28. The van der Waals surface area contributed by atoms with Crippen LogP contribution in [0.1, 0.15) is 25.3 Å². The highest BCUT2D eigenvalue weighted by Gasteiger charge is 2.27. The number of carbonyl (C=O) groups excluding carboxylic acids is 1. The fourth-order valence-electron chi connectivity index (χ4n) is 2.18. The first kappa shape index (κ1) is 13.9. The van der Waals surface area contributed by atoms with E-state index in [-0.39, 0.29) is 11.4 Å². The number of benzene rings is 1. The molecule has 0 saturated carbocycles. The predicted octanol–water partition coefficient (Wildman–Crippen LogP) is 2.30. The van der Waals surface area contributed by atoms with Crippen LogP contribution in [-0.4, -0.2) is 25.8 Å². The van der Waals surface area contributed by atoms with Gasteiger partial charge in [0, 0.05) is 26.3 Å². The summed E-state index contributed by atoms with van der Waals surface area (Å²) < 4.78 is 5.35. The van der Waals surface area contributed by atoms with Gasteiger partial charge in [-0.25, -0.2) is 4.79 Å². The quantitative estimate of drug-likeness (QED) is 0.874. The molecule has 1 heterocycles. The van der Waals surface area contributed by atoms with Gasteiger partial charge in [0.05, 0.1) is 0 Å². The molecule has 19 heavy (non-hydrogen) atoms. The maximum atomic E-state index is 11.7. The van der Waals surface area contributed by atoms with Gasteiger partial charge in [0.2, 0.25) is 0 Å². The van der Waals surface area contributed by atoms with Gasteiger partial charge in [-0.1, -0.05) is 37.3 Å². The van der Waals surface area contributed by atoms with Crippen LogP contribution >= 0.6 is 0 Å². The van der Waals surface area contributed by atoms with Gasteiger partial charge in [0.15, 0.2) is 0 Å². The molecule has 104 valence electrons. The lowest BCUT2D eigenvalue weighted by Gasteiger charge is -2.33. The van der Waals surface area contributed by atoms with Gasteiger partial charge in [-0.3, -0.25) is 0 Å². The summed E-state index contributed by atoms with van der Waals surface area (Å²) >= 11 is 0. The first-order valence-corrected chi connectivity index (χ1v) is 6.81. The molecule has 1 fully saturated rings. The van der Waals surface area contributed by atoms with Crippen molar-refractivity contribution < 1.29 is 9.53 Å². The van der Waals surface area contributed by atoms with Crippen LogP contribution in [-0.2, 0) is 11.3 Å². The second-order valence-corrected chi connectivity index (χ2v) is 5.44. The molecule has 0 atom stereocenters. The maximum absolute atomic E-state index is 11.7. The summed E-state index contributed by atoms with van der Waals surface area (Å²) in [6.45, 7) is 5.06. The number of ether oxygens (including phenoxy) is 1. The molecule has 1 saturated heterocycles. The van der Waals surface area contributed by atoms with Crippen molar-refractivity contribution in [1.29, 1.82) is 0 Å². The molecule has 2 rings (SSSR count). The maximum Gasteiger partial charge on any atom is 0.315 e. The topological polar surface area (TPSA) is 50.4 Å². The molecular weight excluding hydrogens is 240 g/mol. The number of carbonyl (C=O) groups is 1. The van der Waals surface area contributed by atoms with E-state index in [1.54, 1.807) is 0 Å². The van der Waals surface area contributed by atoms with Crippen LogP contribution in [0.2, 0.25) is 0 Å². The highest BCUT2D eigenvalue weighted by Crippen LogP contribution is 2.28. The summed E-state index contributed by atoms with van der Waals surface area (Å²) in [6.07, 6.45) is 2.01. The van der Waals surface area contributed by atoms with Crippen LogP contribution in [0.4, 0.5) is 4.79 Å². The number of urea groups is 1. The van der Waals surface area contributed by atoms with Crippen LogP contribution in [0.15, 0.2) is 30.3 Å². The number of hydrogen-bond acceptors (Lipinski definition) is 2. The Morgan fingerprint density at radius 3 is 2.58 bits per heavy atom. The van der Waals surface area contributed by atoms with Crippen molar-refractivity contribution in [2.45, 2.75) is 26.3 Å². The van der Waals surface area contributed by atoms with Crippen molar-refractivity contribution in [1.82, 2.24) is 10.6 Å². The number of hydrogen-bond donors (Lipinski definition) is 2. The Bertz CT molecular complexity index is 400. The third-order valence-electron chi connectivity index (χ3n) is 3.67. The molecule has 0 aromatic heterocycles. The number of nitrogens with one attached hydrogen (secondary N) is 2. The Morgan fingerprint density at radius 1 is 1.21 bits per heavy atom. The fraction of sp³-hybridized carbons (Fsp3) is 0.533. The van der Waals surface area contributed by atoms with Gasteiger partial charge < -0.3 is 15.4 Å². The summed E-state index contributed by atoms with van der Waals surface area (Å²) in [6, 6.07) is 9.81. The number of rotatable bonds is 4. The van der Waals surface area contributed by atoms with E-state index in [2.05, 4.69) is 17.6 Å². The molecule has 0 spiro atoms. The zero-order valence-electron chi connectivity index (χ0n) is 11.4. The zero-order chi connectivity index (χ0) is 13.6. The Kier molecular flexibility index (Phi) is 4.80. The molecule has 0 aliphatic carbocycles. The van der Waals surface area contributed by atoms with E-state index in [0.29, 0.717) is 13.1 Å². The lowest BCUT2D eigenvalue weighted by atomic mass is 9.82. The Labute approximate surface area is 114 Å². The largest absolute Gasteiger partial charge is 0.381 e. The fourth-order valence-corrected chi connectivity index (χ4v) is 2.18. The van der Waals surface area contributed by atoms with Crippen LogP contribution < -0.4 is 10.6 Å². The van der Waals surface area contributed by atoms with Crippen molar-refractivity contribution in [3.63, 3.8) is 0 Å². The van der Waals surface area contributed by atoms with Gasteiger partial charge in [-0.15, -0.1) is 0 Å². The summed E-state index contributed by atoms with van der Waals surface area (Å²) in [5.74, 6) is 0. The second-order valence-electron chi connectivity index (χ2n) is 5.44. The third-order valence-corrected chi connectivity index (χ3v) is 3.67. The third kappa shape index (κ3) is 4.56. The summed E-state index contributed by atoms with van der Waals surface area (Å²) in [5, 5.41) is 5.83.